The summed E-state index contributed by atoms with van der Waals surface area (Å²) in [7, 11) is -4.99. The van der Waals surface area contributed by atoms with Gasteiger partial charge in [0, 0.05) is 22.7 Å². The Balaban J connectivity index is 1.81. The van der Waals surface area contributed by atoms with Gasteiger partial charge in [-0.15, -0.1) is 0 Å². The smallest absolute Gasteiger partial charge is 0.390 e. The van der Waals surface area contributed by atoms with Crippen molar-refractivity contribution in [3.05, 3.63) is 23.8 Å². The molecule has 0 radical (unpaired) electrons. The molecule has 4 N–H and O–H groups in total. The molecule has 0 aromatic heterocycles. The molecule has 8 nitrogen and oxygen atoms in total. The normalized spacial score (nSPS) is 48.6. The SMILES string of the molecule is C[C@H]1C[C@H]2[C@@H]3CCC4=CC(=O)C=C[C@]4(C)[C@@]3(F)[C@@H](O)C[C@]2(C)C(O)(COP(=O)(O)O)C1=O. The molecule has 178 valence electrons. The van der Waals surface area contributed by atoms with E-state index in [4.69, 9.17) is 0 Å². The van der Waals surface area contributed by atoms with Crippen molar-refractivity contribution in [2.24, 2.45) is 28.6 Å². The Morgan fingerprint density at radius 3 is 2.53 bits per heavy atom. The first kappa shape index (κ1) is 23.9. The molecule has 4 aliphatic rings. The fourth-order valence-electron chi connectivity index (χ4n) is 7.06. The number of hydrogen-bond acceptors (Lipinski definition) is 6. The van der Waals surface area contributed by atoms with Crippen molar-refractivity contribution in [3.8, 4) is 0 Å². The zero-order valence-corrected chi connectivity index (χ0v) is 19.2. The van der Waals surface area contributed by atoms with Crippen LogP contribution in [0.3, 0.4) is 0 Å². The average Bonchev–Trinajstić information content (AvgIpc) is 2.69. The van der Waals surface area contributed by atoms with Crippen LogP contribution >= 0.6 is 7.82 Å². The Bertz CT molecular complexity index is 973. The maximum atomic E-state index is 17.1. The van der Waals surface area contributed by atoms with E-state index in [1.165, 1.54) is 18.2 Å². The number of alkyl halides is 1. The number of rotatable bonds is 3. The number of aliphatic hydroxyl groups is 2. The second kappa shape index (κ2) is 7.14. The van der Waals surface area contributed by atoms with Crippen molar-refractivity contribution in [2.45, 2.75) is 63.8 Å². The number of fused-ring (bicyclic) bond motifs is 5. The molecular weight excluding hydrogens is 442 g/mol. The lowest BCUT2D eigenvalue weighted by Crippen LogP contribution is -2.74. The minimum absolute atomic E-state index is 0.226. The molecule has 3 fully saturated rings. The Kier molecular flexibility index (Phi) is 5.34. The molecule has 0 spiro atoms. The lowest BCUT2D eigenvalue weighted by Gasteiger charge is -2.66. The molecule has 10 heteroatoms. The van der Waals surface area contributed by atoms with E-state index in [9.17, 15) is 34.2 Å². The van der Waals surface area contributed by atoms with E-state index in [1.807, 2.05) is 0 Å². The zero-order chi connectivity index (χ0) is 23.9. The van der Waals surface area contributed by atoms with Gasteiger partial charge in [-0.2, -0.15) is 0 Å². The van der Waals surface area contributed by atoms with Crippen molar-refractivity contribution in [2.75, 3.05) is 6.61 Å². The first-order chi connectivity index (χ1) is 14.6. The highest BCUT2D eigenvalue weighted by atomic mass is 31.2. The van der Waals surface area contributed by atoms with Gasteiger partial charge in [0.05, 0.1) is 12.7 Å². The molecule has 0 amide bonds. The lowest BCUT2D eigenvalue weighted by atomic mass is 9.40. The van der Waals surface area contributed by atoms with Gasteiger partial charge in [-0.1, -0.05) is 25.5 Å². The summed E-state index contributed by atoms with van der Waals surface area (Å²) in [6.45, 7) is 3.90. The largest absolute Gasteiger partial charge is 0.469 e. The molecule has 0 bridgehead atoms. The maximum Gasteiger partial charge on any atom is 0.469 e. The number of hydrogen-bond donors (Lipinski definition) is 4. The number of carbonyl (C=O) groups excluding carboxylic acids is 2. The van der Waals surface area contributed by atoms with Gasteiger partial charge >= 0.3 is 7.82 Å². The Morgan fingerprint density at radius 2 is 1.91 bits per heavy atom. The third-order valence-corrected chi connectivity index (χ3v) is 9.35. The van der Waals surface area contributed by atoms with Gasteiger partial charge < -0.3 is 20.0 Å². The molecule has 8 atom stereocenters. The number of Topliss-reactive ketones (excluding diaryl/α,β-unsaturated/α-hetero) is 1. The minimum Gasteiger partial charge on any atom is -0.390 e. The third-order valence-electron chi connectivity index (χ3n) is 8.88. The van der Waals surface area contributed by atoms with Crippen molar-refractivity contribution >= 4 is 19.4 Å². The van der Waals surface area contributed by atoms with Crippen LogP contribution in [0.2, 0.25) is 0 Å². The number of phosphoric acid groups is 1. The van der Waals surface area contributed by atoms with Crippen LogP contribution in [0.1, 0.15) is 46.5 Å². The molecule has 0 heterocycles. The van der Waals surface area contributed by atoms with Gasteiger partial charge in [-0.3, -0.25) is 14.1 Å². The fourth-order valence-corrected chi connectivity index (χ4v) is 7.42. The van der Waals surface area contributed by atoms with Crippen LogP contribution < -0.4 is 0 Å². The van der Waals surface area contributed by atoms with E-state index in [-0.39, 0.29) is 18.6 Å². The lowest BCUT2D eigenvalue weighted by molar-refractivity contribution is -0.254. The summed E-state index contributed by atoms with van der Waals surface area (Å²) in [5.74, 6) is -2.84. The molecule has 0 aliphatic heterocycles. The van der Waals surface area contributed by atoms with E-state index in [0.29, 0.717) is 18.4 Å². The van der Waals surface area contributed by atoms with Crippen LogP contribution in [0.15, 0.2) is 23.8 Å². The summed E-state index contributed by atoms with van der Waals surface area (Å²) >= 11 is 0. The summed E-state index contributed by atoms with van der Waals surface area (Å²) in [6.07, 6.45) is 3.39. The number of allylic oxidation sites excluding steroid dienone is 4. The van der Waals surface area contributed by atoms with Crippen molar-refractivity contribution < 1.29 is 43.1 Å². The van der Waals surface area contributed by atoms with Crippen LogP contribution in [0.25, 0.3) is 0 Å². The topological polar surface area (TPSA) is 141 Å². The Labute approximate surface area is 185 Å². The maximum absolute atomic E-state index is 17.1. The number of ketones is 2. The van der Waals surface area contributed by atoms with Crippen molar-refractivity contribution in [1.82, 2.24) is 0 Å². The molecule has 1 unspecified atom stereocenters. The molecule has 0 saturated heterocycles. The van der Waals surface area contributed by atoms with Crippen LogP contribution in [0.5, 0.6) is 0 Å². The Morgan fingerprint density at radius 1 is 1.25 bits per heavy atom. The first-order valence-electron chi connectivity index (χ1n) is 10.9. The molecule has 4 aliphatic carbocycles. The molecule has 3 saturated carbocycles. The number of aliphatic hydroxyl groups excluding tert-OH is 1. The molecule has 32 heavy (non-hydrogen) atoms. The van der Waals surface area contributed by atoms with Crippen molar-refractivity contribution in [3.63, 3.8) is 0 Å². The number of carbonyl (C=O) groups is 2. The van der Waals surface area contributed by atoms with Gasteiger partial charge in [-0.25, -0.2) is 8.96 Å². The van der Waals surface area contributed by atoms with Gasteiger partial charge in [0.1, 0.15) is 0 Å². The zero-order valence-electron chi connectivity index (χ0n) is 18.3. The van der Waals surface area contributed by atoms with Crippen LogP contribution in [-0.4, -0.2) is 55.5 Å². The van der Waals surface area contributed by atoms with Gasteiger partial charge in [-0.05, 0) is 50.7 Å². The third kappa shape index (κ3) is 3.02. The molecular formula is C22H30FO8P. The van der Waals surface area contributed by atoms with E-state index < -0.39 is 66.2 Å². The van der Waals surface area contributed by atoms with Crippen molar-refractivity contribution in [1.29, 1.82) is 0 Å². The van der Waals surface area contributed by atoms with Gasteiger partial charge in [0.25, 0.3) is 0 Å². The van der Waals surface area contributed by atoms with Crippen LogP contribution in [-0.2, 0) is 18.7 Å². The summed E-state index contributed by atoms with van der Waals surface area (Å²) in [4.78, 5) is 43.3. The van der Waals surface area contributed by atoms with E-state index >= 15 is 4.39 Å². The second-order valence-corrected chi connectivity index (χ2v) is 11.6. The average molecular weight is 472 g/mol. The van der Waals surface area contributed by atoms with E-state index in [0.717, 1.165) is 0 Å². The quantitative estimate of drug-likeness (QED) is 0.457. The Hall–Kier alpha value is -1.22. The molecule has 4 rings (SSSR count). The van der Waals surface area contributed by atoms with Crippen LogP contribution in [0.4, 0.5) is 4.39 Å². The number of halogens is 1. The molecule has 0 aromatic rings. The summed E-state index contributed by atoms with van der Waals surface area (Å²) in [6, 6.07) is 0. The van der Waals surface area contributed by atoms with Gasteiger partial charge in [0.15, 0.2) is 22.8 Å². The monoisotopic (exact) mass is 472 g/mol. The standard InChI is InChI=1S/C22H30FO8P/c1-12-8-16-15-5-4-13-9-14(24)6-7-19(13,2)22(15,23)17(25)10-20(16,3)21(27,18(12)26)11-31-32(28,29)30/h6-7,9,12,15-17,25,27H,4-5,8,10-11H2,1-3H3,(H2,28,29,30)/t12-,15-,16-,17-,19-,20-,21?,22-/m0/s1. The highest BCUT2D eigenvalue weighted by Gasteiger charge is 2.74. The minimum atomic E-state index is -4.99. The summed E-state index contributed by atoms with van der Waals surface area (Å²) < 4.78 is 33.0. The van der Waals surface area contributed by atoms with Gasteiger partial charge in [0.2, 0.25) is 0 Å². The number of phosphoric ester groups is 1. The highest BCUT2D eigenvalue weighted by molar-refractivity contribution is 7.46. The molecule has 0 aromatic carbocycles. The first-order valence-corrected chi connectivity index (χ1v) is 12.4. The highest BCUT2D eigenvalue weighted by Crippen LogP contribution is 2.68. The fraction of sp³-hybridized carbons (Fsp3) is 0.727. The van der Waals surface area contributed by atoms with E-state index in [2.05, 4.69) is 4.52 Å². The summed E-state index contributed by atoms with van der Waals surface area (Å²) in [5, 5.41) is 22.7. The predicted molar refractivity (Wildman–Crippen MR) is 111 cm³/mol. The predicted octanol–water partition coefficient (Wildman–Crippen LogP) is 2.01. The summed E-state index contributed by atoms with van der Waals surface area (Å²) in [5.41, 5.74) is -6.39. The van der Waals surface area contributed by atoms with Crippen LogP contribution in [0, 0.1) is 28.6 Å². The second-order valence-electron chi connectivity index (χ2n) is 10.4. The van der Waals surface area contributed by atoms with E-state index in [1.54, 1.807) is 20.8 Å².